The van der Waals surface area contributed by atoms with Crippen molar-refractivity contribution in [2.75, 3.05) is 0 Å². The number of carbonyl (C=O) groups is 1. The van der Waals surface area contributed by atoms with Crippen molar-refractivity contribution in [1.82, 2.24) is 0 Å². The molecule has 0 aliphatic carbocycles. The zero-order chi connectivity index (χ0) is 3.58. The van der Waals surface area contributed by atoms with Crippen molar-refractivity contribution in [1.29, 1.82) is 0 Å². The maximum absolute atomic E-state index is 8.56. The zero-order valence-corrected chi connectivity index (χ0v) is 9.05. The van der Waals surface area contributed by atoms with E-state index in [-0.39, 0.29) is 90.1 Å². The van der Waals surface area contributed by atoms with Gasteiger partial charge in [-0.1, -0.05) is 0 Å². The maximum atomic E-state index is 8.56. The number of rotatable bonds is 0. The van der Waals surface area contributed by atoms with Crippen molar-refractivity contribution in [3.8, 4) is 0 Å². The van der Waals surface area contributed by atoms with Gasteiger partial charge in [0.15, 0.2) is 0 Å². The molecule has 0 rings (SSSR count). The number of carboxylic acid groups (broad SMARTS) is 2. The van der Waals surface area contributed by atoms with Crippen LogP contribution in [0.1, 0.15) is 2.85 Å². The van der Waals surface area contributed by atoms with E-state index in [1.54, 1.807) is 0 Å². The van der Waals surface area contributed by atoms with Gasteiger partial charge in [-0.3, -0.25) is 0 Å². The van der Waals surface area contributed by atoms with Crippen LogP contribution in [0.15, 0.2) is 0 Å². The Hall–Kier alpha value is 1.98. The van der Waals surface area contributed by atoms with Crippen LogP contribution in [0.4, 0.5) is 4.79 Å². The van der Waals surface area contributed by atoms with Crippen molar-refractivity contribution in [2.45, 2.75) is 0 Å². The summed E-state index contributed by atoms with van der Waals surface area (Å²) in [4.78, 5) is 8.56. The molecular weight excluding hydrogens is 186 g/mol. The van der Waals surface area contributed by atoms with Crippen LogP contribution in [0.5, 0.6) is 0 Å². The fourth-order valence-corrected chi connectivity index (χ4v) is 0. The summed E-state index contributed by atoms with van der Waals surface area (Å²) >= 11 is 0. The van der Waals surface area contributed by atoms with Crippen LogP contribution in [0.2, 0.25) is 0 Å². The molecule has 0 fully saturated rings. The van der Waals surface area contributed by atoms with Crippen molar-refractivity contribution in [3.05, 3.63) is 0 Å². The van der Waals surface area contributed by atoms with Crippen molar-refractivity contribution in [2.24, 2.45) is 0 Å². The molecule has 0 bridgehead atoms. The Morgan fingerprint density at radius 1 is 1.43 bits per heavy atom. The van der Waals surface area contributed by atoms with Gasteiger partial charge in [-0.2, -0.15) is 0 Å². The van der Waals surface area contributed by atoms with Crippen LogP contribution in [-0.2, 0) is 0 Å². The first-order valence-electron chi connectivity index (χ1n) is 0.651. The quantitative estimate of drug-likeness (QED) is 0.377. The second-order valence-corrected chi connectivity index (χ2v) is 0.283. The van der Waals surface area contributed by atoms with E-state index in [1.807, 2.05) is 0 Å². The first kappa shape index (κ1) is 23.1. The second-order valence-electron chi connectivity index (χ2n) is 0.283. The van der Waals surface area contributed by atoms with Gasteiger partial charge in [-0.15, -0.1) is 17.0 Å². The van der Waals surface area contributed by atoms with Gasteiger partial charge in [0.05, 0.1) is 0 Å². The third kappa shape index (κ3) is 72.6. The molecule has 0 aromatic rings. The predicted octanol–water partition coefficient (Wildman–Crippen LogP) is -4.97. The molecular formula is CH5BrKLiO3. The molecule has 0 aliphatic rings. The minimum absolute atomic E-state index is 0. The minimum atomic E-state index is -1.83. The first-order valence-corrected chi connectivity index (χ1v) is 0.651. The molecule has 0 saturated carbocycles. The van der Waals surface area contributed by atoms with Crippen LogP contribution in [0.25, 0.3) is 0 Å². The molecule has 0 aliphatic heterocycles. The number of halogens is 1. The summed E-state index contributed by atoms with van der Waals surface area (Å²) in [6, 6.07) is 0. The summed E-state index contributed by atoms with van der Waals surface area (Å²) in [6.45, 7) is 0. The van der Waals surface area contributed by atoms with E-state index in [2.05, 4.69) is 0 Å². The largest absolute Gasteiger partial charge is 1.00 e. The van der Waals surface area contributed by atoms with Crippen LogP contribution >= 0.6 is 17.0 Å². The fraction of sp³-hybridized carbons (Fsp3) is 0. The molecule has 0 unspecified atom stereocenters. The maximum Gasteiger partial charge on any atom is 1.00 e. The van der Waals surface area contributed by atoms with Crippen molar-refractivity contribution >= 4 is 23.1 Å². The minimum Gasteiger partial charge on any atom is -1.00 e. The van der Waals surface area contributed by atoms with Crippen LogP contribution in [-0.4, -0.2) is 16.4 Å². The molecule has 3 nitrogen and oxygen atoms in total. The Kier molecular flexibility index (Phi) is 51.6. The molecule has 0 spiro atoms. The smallest absolute Gasteiger partial charge is 1.00 e. The number of hydrogen-bond acceptors (Lipinski definition) is 1. The molecule has 0 amide bonds. The molecule has 0 saturated heterocycles. The molecule has 7 heavy (non-hydrogen) atoms. The third-order valence-electron chi connectivity index (χ3n) is 0. The summed E-state index contributed by atoms with van der Waals surface area (Å²) in [6.07, 6.45) is -1.83. The van der Waals surface area contributed by atoms with Gasteiger partial charge in [-0.05, 0) is 0 Å². The second kappa shape index (κ2) is 15.7. The van der Waals surface area contributed by atoms with Gasteiger partial charge in [0.2, 0.25) is 0 Å². The van der Waals surface area contributed by atoms with Gasteiger partial charge in [0, 0.05) is 0 Å². The SMILES string of the molecule is Br.O=C(O)O.[H-].[H-].[K+].[Li+]. The van der Waals surface area contributed by atoms with Gasteiger partial charge >= 0.3 is 76.4 Å². The average Bonchev–Trinajstić information content (AvgIpc) is 0.811. The molecule has 0 aromatic carbocycles. The average molecular weight is 191 g/mol. The molecule has 0 heterocycles. The molecule has 2 N–H and O–H groups in total. The summed E-state index contributed by atoms with van der Waals surface area (Å²) in [5, 5.41) is 13.9. The Morgan fingerprint density at radius 2 is 1.43 bits per heavy atom. The van der Waals surface area contributed by atoms with E-state index in [0.717, 1.165) is 0 Å². The summed E-state index contributed by atoms with van der Waals surface area (Å²) < 4.78 is 0. The van der Waals surface area contributed by atoms with E-state index in [1.165, 1.54) is 0 Å². The topological polar surface area (TPSA) is 57.5 Å². The zero-order valence-electron chi connectivity index (χ0n) is 6.21. The normalized spacial score (nSPS) is 3.43. The van der Waals surface area contributed by atoms with Crippen LogP contribution in [0, 0.1) is 0 Å². The summed E-state index contributed by atoms with van der Waals surface area (Å²) in [7, 11) is 0. The first-order chi connectivity index (χ1) is 1.73. The van der Waals surface area contributed by atoms with Gasteiger partial charge < -0.3 is 13.1 Å². The predicted molar refractivity (Wildman–Crippen MR) is 23.2 cm³/mol. The van der Waals surface area contributed by atoms with Crippen LogP contribution in [0.3, 0.4) is 0 Å². The standard InChI is InChI=1S/CH2O3.BrH.K.Li.2H/c2-1(3)4;;;;;/h(H2,2,3,4);1H;;;;/q;;2*+1;2*-1. The fourth-order valence-electron chi connectivity index (χ4n) is 0. The summed E-state index contributed by atoms with van der Waals surface area (Å²) in [5.41, 5.74) is 0. The van der Waals surface area contributed by atoms with E-state index < -0.39 is 6.16 Å². The van der Waals surface area contributed by atoms with E-state index >= 15 is 0 Å². The summed E-state index contributed by atoms with van der Waals surface area (Å²) in [5.74, 6) is 0. The van der Waals surface area contributed by atoms with Gasteiger partial charge in [-0.25, -0.2) is 4.79 Å². The number of hydrogen-bond donors (Lipinski definition) is 2. The Labute approximate surface area is 109 Å². The molecule has 0 atom stereocenters. The monoisotopic (exact) mass is 190 g/mol. The Bertz CT molecular complexity index is 44.8. The van der Waals surface area contributed by atoms with Gasteiger partial charge in [0.1, 0.15) is 0 Å². The van der Waals surface area contributed by atoms with Crippen LogP contribution < -0.4 is 70.2 Å². The molecule has 0 aromatic heterocycles. The van der Waals surface area contributed by atoms with Crippen molar-refractivity contribution < 1.29 is 88.1 Å². The van der Waals surface area contributed by atoms with E-state index in [4.69, 9.17) is 15.0 Å². The van der Waals surface area contributed by atoms with Crippen molar-refractivity contribution in [3.63, 3.8) is 0 Å². The van der Waals surface area contributed by atoms with E-state index in [9.17, 15) is 0 Å². The Balaban J connectivity index is -0.00000000450. The third-order valence-corrected chi connectivity index (χ3v) is 0. The van der Waals surface area contributed by atoms with Gasteiger partial charge in [0.25, 0.3) is 0 Å². The van der Waals surface area contributed by atoms with E-state index in [0.29, 0.717) is 0 Å². The molecule has 36 valence electrons. The molecule has 6 heteroatoms. The molecule has 0 radical (unpaired) electrons. The Morgan fingerprint density at radius 3 is 1.43 bits per heavy atom.